The number of hydrogen-bond acceptors (Lipinski definition) is 3. The van der Waals surface area contributed by atoms with E-state index in [0.717, 1.165) is 18.8 Å². The van der Waals surface area contributed by atoms with Gasteiger partial charge in [0, 0.05) is 19.2 Å². The fourth-order valence-corrected chi connectivity index (χ4v) is 2.86. The topological polar surface area (TPSA) is 29.0 Å². The minimum absolute atomic E-state index is 0.477. The Morgan fingerprint density at radius 3 is 2.47 bits per heavy atom. The minimum atomic E-state index is 0.477. The Labute approximate surface area is 108 Å². The molecule has 4 heteroatoms. The van der Waals surface area contributed by atoms with Crippen molar-refractivity contribution >= 4 is 17.3 Å². The first-order chi connectivity index (χ1) is 8.19. The Balaban J connectivity index is 2.04. The van der Waals surface area contributed by atoms with Crippen molar-refractivity contribution in [2.75, 3.05) is 18.0 Å². The van der Waals surface area contributed by atoms with E-state index in [1.54, 1.807) is 6.20 Å². The van der Waals surface area contributed by atoms with Gasteiger partial charge in [0.15, 0.2) is 5.15 Å². The third kappa shape index (κ3) is 2.71. The molecule has 1 fully saturated rings. The Hall–Kier alpha value is -0.830. The predicted molar refractivity (Wildman–Crippen MR) is 71.5 cm³/mol. The number of hydrogen-bond donors (Lipinski definition) is 0. The smallest absolute Gasteiger partial charge is 0.153 e. The van der Waals surface area contributed by atoms with Crippen molar-refractivity contribution in [3.8, 4) is 0 Å². The molecule has 0 radical (unpaired) electrons. The van der Waals surface area contributed by atoms with Gasteiger partial charge >= 0.3 is 0 Å². The summed E-state index contributed by atoms with van der Waals surface area (Å²) in [6.45, 7) is 6.82. The zero-order valence-electron chi connectivity index (χ0n) is 10.6. The second-order valence-electron chi connectivity index (χ2n) is 4.93. The van der Waals surface area contributed by atoms with Crippen LogP contribution in [0.2, 0.25) is 5.15 Å². The number of halogens is 1. The molecule has 3 nitrogen and oxygen atoms in total. The molecule has 0 bridgehead atoms. The van der Waals surface area contributed by atoms with Crippen molar-refractivity contribution < 1.29 is 0 Å². The first-order valence-electron chi connectivity index (χ1n) is 6.42. The maximum absolute atomic E-state index is 5.87. The third-order valence-corrected chi connectivity index (χ3v) is 4.48. The van der Waals surface area contributed by atoms with Crippen molar-refractivity contribution in [3.05, 3.63) is 17.4 Å². The summed E-state index contributed by atoms with van der Waals surface area (Å²) in [6, 6.07) is 1.90. The van der Waals surface area contributed by atoms with Gasteiger partial charge in [-0.25, -0.2) is 0 Å². The van der Waals surface area contributed by atoms with E-state index in [1.807, 2.05) is 6.07 Å². The molecule has 0 unspecified atom stereocenters. The monoisotopic (exact) mass is 253 g/mol. The van der Waals surface area contributed by atoms with Crippen molar-refractivity contribution in [2.45, 2.75) is 39.5 Å². The lowest BCUT2D eigenvalue weighted by Crippen LogP contribution is -2.39. The van der Waals surface area contributed by atoms with Gasteiger partial charge in [-0.3, -0.25) is 0 Å². The van der Waals surface area contributed by atoms with Gasteiger partial charge in [0.05, 0.1) is 11.9 Å². The van der Waals surface area contributed by atoms with Gasteiger partial charge in [-0.2, -0.15) is 5.10 Å². The highest BCUT2D eigenvalue weighted by molar-refractivity contribution is 6.29. The first-order valence-corrected chi connectivity index (χ1v) is 6.80. The fraction of sp³-hybridized carbons (Fsp3) is 0.692. The summed E-state index contributed by atoms with van der Waals surface area (Å²) in [5.74, 6) is 0. The van der Waals surface area contributed by atoms with Crippen LogP contribution in [0.15, 0.2) is 12.3 Å². The zero-order chi connectivity index (χ0) is 12.3. The molecule has 94 valence electrons. The Kier molecular flexibility index (Phi) is 3.87. The standard InChI is InChI=1S/C13H20ClN3/c1-3-13(4-2)5-7-17(8-6-13)11-9-12(14)16-15-10-11/h9-10H,3-8H2,1-2H3. The number of nitrogens with zero attached hydrogens (tertiary/aromatic N) is 3. The van der Waals surface area contributed by atoms with Crippen molar-refractivity contribution in [3.63, 3.8) is 0 Å². The summed E-state index contributed by atoms with van der Waals surface area (Å²) in [4.78, 5) is 2.37. The van der Waals surface area contributed by atoms with Gasteiger partial charge in [0.2, 0.25) is 0 Å². The van der Waals surface area contributed by atoms with Crippen LogP contribution in [-0.4, -0.2) is 23.3 Å². The number of piperidine rings is 1. The fourth-order valence-electron chi connectivity index (χ4n) is 2.70. The molecule has 1 aromatic rings. The largest absolute Gasteiger partial charge is 0.370 e. The van der Waals surface area contributed by atoms with Crippen LogP contribution in [0, 0.1) is 5.41 Å². The molecule has 1 aliphatic heterocycles. The number of aromatic nitrogens is 2. The van der Waals surface area contributed by atoms with E-state index >= 15 is 0 Å². The Morgan fingerprint density at radius 2 is 1.94 bits per heavy atom. The molecule has 2 heterocycles. The van der Waals surface area contributed by atoms with Gasteiger partial charge in [0.1, 0.15) is 0 Å². The number of rotatable bonds is 3. The van der Waals surface area contributed by atoms with E-state index in [2.05, 4.69) is 28.9 Å². The molecular weight excluding hydrogens is 234 g/mol. The Morgan fingerprint density at radius 1 is 1.29 bits per heavy atom. The maximum atomic E-state index is 5.87. The molecule has 0 aromatic carbocycles. The average Bonchev–Trinajstić information content (AvgIpc) is 2.39. The highest BCUT2D eigenvalue weighted by Crippen LogP contribution is 2.39. The second-order valence-corrected chi connectivity index (χ2v) is 5.32. The van der Waals surface area contributed by atoms with Gasteiger partial charge < -0.3 is 4.90 Å². The normalized spacial score (nSPS) is 19.4. The summed E-state index contributed by atoms with van der Waals surface area (Å²) >= 11 is 5.87. The molecule has 0 aliphatic carbocycles. The highest BCUT2D eigenvalue weighted by Gasteiger charge is 2.31. The summed E-state index contributed by atoms with van der Waals surface area (Å²) in [5.41, 5.74) is 1.66. The van der Waals surface area contributed by atoms with Gasteiger partial charge in [-0.15, -0.1) is 5.10 Å². The third-order valence-electron chi connectivity index (χ3n) is 4.30. The molecule has 0 spiro atoms. The summed E-state index contributed by atoms with van der Waals surface area (Å²) < 4.78 is 0. The summed E-state index contributed by atoms with van der Waals surface area (Å²) in [7, 11) is 0. The quantitative estimate of drug-likeness (QED) is 0.825. The van der Waals surface area contributed by atoms with Gasteiger partial charge in [-0.05, 0) is 18.3 Å². The van der Waals surface area contributed by atoms with Crippen LogP contribution < -0.4 is 4.90 Å². The van der Waals surface area contributed by atoms with Crippen molar-refractivity contribution in [1.82, 2.24) is 10.2 Å². The molecule has 1 aromatic heterocycles. The molecular formula is C13H20ClN3. The van der Waals surface area contributed by atoms with Crippen LogP contribution >= 0.6 is 11.6 Å². The van der Waals surface area contributed by atoms with Crippen LogP contribution in [0.1, 0.15) is 39.5 Å². The number of anilines is 1. The highest BCUT2D eigenvalue weighted by atomic mass is 35.5. The molecule has 0 saturated carbocycles. The lowest BCUT2D eigenvalue weighted by molar-refractivity contribution is 0.199. The van der Waals surface area contributed by atoms with E-state index in [-0.39, 0.29) is 0 Å². The summed E-state index contributed by atoms with van der Waals surface area (Å²) in [6.07, 6.45) is 6.90. The average molecular weight is 254 g/mol. The zero-order valence-corrected chi connectivity index (χ0v) is 11.4. The lowest BCUT2D eigenvalue weighted by Gasteiger charge is -2.41. The van der Waals surface area contributed by atoms with Gasteiger partial charge in [-0.1, -0.05) is 38.3 Å². The van der Waals surface area contributed by atoms with Crippen LogP contribution in [0.3, 0.4) is 0 Å². The molecule has 1 saturated heterocycles. The van der Waals surface area contributed by atoms with E-state index in [4.69, 9.17) is 11.6 Å². The van der Waals surface area contributed by atoms with E-state index in [1.165, 1.54) is 25.7 Å². The van der Waals surface area contributed by atoms with Crippen LogP contribution in [0.4, 0.5) is 5.69 Å². The molecule has 1 aliphatic rings. The molecule has 17 heavy (non-hydrogen) atoms. The maximum Gasteiger partial charge on any atom is 0.153 e. The van der Waals surface area contributed by atoms with Crippen LogP contribution in [-0.2, 0) is 0 Å². The van der Waals surface area contributed by atoms with Crippen LogP contribution in [0.5, 0.6) is 0 Å². The SMILES string of the molecule is CCC1(CC)CCN(c2cnnc(Cl)c2)CC1. The molecule has 0 amide bonds. The van der Waals surface area contributed by atoms with Crippen molar-refractivity contribution in [1.29, 1.82) is 0 Å². The minimum Gasteiger partial charge on any atom is -0.370 e. The molecule has 0 N–H and O–H groups in total. The van der Waals surface area contributed by atoms with E-state index in [0.29, 0.717) is 10.6 Å². The van der Waals surface area contributed by atoms with Crippen molar-refractivity contribution in [2.24, 2.45) is 5.41 Å². The van der Waals surface area contributed by atoms with E-state index in [9.17, 15) is 0 Å². The summed E-state index contributed by atoms with van der Waals surface area (Å²) in [5, 5.41) is 8.17. The lowest BCUT2D eigenvalue weighted by atomic mass is 9.74. The molecule has 2 rings (SSSR count). The Bertz CT molecular complexity index is 367. The van der Waals surface area contributed by atoms with E-state index < -0.39 is 0 Å². The van der Waals surface area contributed by atoms with Crippen LogP contribution in [0.25, 0.3) is 0 Å². The second kappa shape index (κ2) is 5.21. The molecule has 0 atom stereocenters. The predicted octanol–water partition coefficient (Wildman–Crippen LogP) is 3.54. The van der Waals surface area contributed by atoms with Gasteiger partial charge in [0.25, 0.3) is 0 Å². The first kappa shape index (κ1) is 12.6.